The molecule has 0 atom stereocenters. The van der Waals surface area contributed by atoms with Crippen molar-refractivity contribution < 1.29 is 4.79 Å². The molecular formula is C19H16ClN3OS. The number of rotatable bonds is 4. The van der Waals surface area contributed by atoms with E-state index >= 15 is 0 Å². The molecule has 2 aromatic heterocycles. The molecule has 126 valence electrons. The Morgan fingerprint density at radius 3 is 2.56 bits per heavy atom. The highest BCUT2D eigenvalue weighted by Crippen LogP contribution is 2.45. The van der Waals surface area contributed by atoms with Gasteiger partial charge < -0.3 is 5.32 Å². The number of nitrogens with zero attached hydrogens (tertiary/aromatic N) is 2. The van der Waals surface area contributed by atoms with Crippen LogP contribution in [0.25, 0.3) is 11.4 Å². The summed E-state index contributed by atoms with van der Waals surface area (Å²) < 4.78 is 0. The van der Waals surface area contributed by atoms with Gasteiger partial charge in [-0.25, -0.2) is 4.98 Å². The zero-order valence-electron chi connectivity index (χ0n) is 13.4. The van der Waals surface area contributed by atoms with Crippen LogP contribution in [0.1, 0.15) is 24.8 Å². The molecule has 1 fully saturated rings. The number of nitrogens with one attached hydrogen (secondary N) is 1. The number of aromatic nitrogens is 2. The largest absolute Gasteiger partial charge is 0.301 e. The van der Waals surface area contributed by atoms with Gasteiger partial charge in [-0.1, -0.05) is 36.2 Å². The normalized spacial score (nSPS) is 15.4. The number of pyridine rings is 1. The predicted octanol–water partition coefficient (Wildman–Crippen LogP) is 4.92. The van der Waals surface area contributed by atoms with Crippen molar-refractivity contribution >= 4 is 34.0 Å². The molecule has 1 N–H and O–H groups in total. The van der Waals surface area contributed by atoms with Gasteiger partial charge in [0, 0.05) is 16.6 Å². The maximum absolute atomic E-state index is 13.0. The van der Waals surface area contributed by atoms with Gasteiger partial charge >= 0.3 is 0 Å². The highest BCUT2D eigenvalue weighted by Gasteiger charge is 2.45. The molecule has 2 heterocycles. The second-order valence-corrected chi connectivity index (χ2v) is 7.44. The first-order valence-corrected chi connectivity index (χ1v) is 9.38. The third kappa shape index (κ3) is 3.05. The lowest BCUT2D eigenvalue weighted by molar-refractivity contribution is -0.124. The van der Waals surface area contributed by atoms with Crippen molar-refractivity contribution in [3.63, 3.8) is 0 Å². The second-order valence-electron chi connectivity index (χ2n) is 6.15. The number of halogens is 1. The van der Waals surface area contributed by atoms with Crippen LogP contribution >= 0.6 is 22.9 Å². The minimum atomic E-state index is -0.471. The van der Waals surface area contributed by atoms with Crippen molar-refractivity contribution in [2.45, 2.75) is 24.7 Å². The van der Waals surface area contributed by atoms with Crippen LogP contribution in [0.5, 0.6) is 0 Å². The lowest BCUT2D eigenvalue weighted by Gasteiger charge is -2.40. The average Bonchev–Trinajstić information content (AvgIpc) is 3.05. The van der Waals surface area contributed by atoms with Crippen molar-refractivity contribution in [1.29, 1.82) is 0 Å². The van der Waals surface area contributed by atoms with Crippen LogP contribution < -0.4 is 5.32 Å². The fourth-order valence-corrected chi connectivity index (χ4v) is 3.95. The lowest BCUT2D eigenvalue weighted by atomic mass is 9.64. The second kappa shape index (κ2) is 6.58. The van der Waals surface area contributed by atoms with Crippen LogP contribution in [0.3, 0.4) is 0 Å². The summed E-state index contributed by atoms with van der Waals surface area (Å²) in [4.78, 5) is 21.8. The Morgan fingerprint density at radius 1 is 1.12 bits per heavy atom. The maximum Gasteiger partial charge on any atom is 0.236 e. The number of benzene rings is 1. The van der Waals surface area contributed by atoms with Crippen molar-refractivity contribution in [3.05, 3.63) is 64.6 Å². The molecule has 3 aromatic rings. The monoisotopic (exact) mass is 369 g/mol. The molecule has 1 aliphatic rings. The van der Waals surface area contributed by atoms with E-state index < -0.39 is 5.41 Å². The van der Waals surface area contributed by atoms with Crippen LogP contribution in [-0.2, 0) is 10.2 Å². The summed E-state index contributed by atoms with van der Waals surface area (Å²) >= 11 is 7.40. The van der Waals surface area contributed by atoms with Crippen molar-refractivity contribution in [1.82, 2.24) is 9.97 Å². The van der Waals surface area contributed by atoms with Gasteiger partial charge in [-0.05, 0) is 42.7 Å². The van der Waals surface area contributed by atoms with Gasteiger partial charge in [0.25, 0.3) is 0 Å². The van der Waals surface area contributed by atoms with Gasteiger partial charge in [0.05, 0.1) is 11.1 Å². The number of thiazole rings is 1. The molecule has 0 aliphatic heterocycles. The molecule has 4 nitrogen and oxygen atoms in total. The Balaban J connectivity index is 1.55. The van der Waals surface area contributed by atoms with Gasteiger partial charge in [0.15, 0.2) is 5.13 Å². The number of hydrogen-bond acceptors (Lipinski definition) is 4. The first-order chi connectivity index (χ1) is 12.2. The lowest BCUT2D eigenvalue weighted by Crippen LogP contribution is -2.45. The van der Waals surface area contributed by atoms with Crippen molar-refractivity contribution in [2.75, 3.05) is 5.32 Å². The summed E-state index contributed by atoms with van der Waals surface area (Å²) in [6.07, 6.45) is 4.47. The molecule has 6 heteroatoms. The molecule has 0 unspecified atom stereocenters. The molecule has 0 radical (unpaired) electrons. The van der Waals surface area contributed by atoms with Gasteiger partial charge in [0.2, 0.25) is 5.91 Å². The van der Waals surface area contributed by atoms with E-state index in [4.69, 9.17) is 11.6 Å². The topological polar surface area (TPSA) is 54.9 Å². The molecular weight excluding hydrogens is 354 g/mol. The van der Waals surface area contributed by atoms with Crippen LogP contribution in [0.4, 0.5) is 5.13 Å². The van der Waals surface area contributed by atoms with Crippen LogP contribution in [0.15, 0.2) is 54.0 Å². The maximum atomic E-state index is 13.0. The summed E-state index contributed by atoms with van der Waals surface area (Å²) in [5.41, 5.74) is 2.12. The Bertz CT molecular complexity index is 889. The van der Waals surface area contributed by atoms with E-state index in [-0.39, 0.29) is 5.91 Å². The van der Waals surface area contributed by atoms with Crippen LogP contribution in [0, 0.1) is 0 Å². The van der Waals surface area contributed by atoms with Crippen LogP contribution in [0.2, 0.25) is 5.02 Å². The van der Waals surface area contributed by atoms with Gasteiger partial charge in [-0.2, -0.15) is 0 Å². The van der Waals surface area contributed by atoms with Crippen molar-refractivity contribution in [2.24, 2.45) is 0 Å². The Labute approximate surface area is 154 Å². The molecule has 25 heavy (non-hydrogen) atoms. The van der Waals surface area contributed by atoms with E-state index in [1.165, 1.54) is 11.3 Å². The van der Waals surface area contributed by atoms with E-state index in [1.54, 1.807) is 6.20 Å². The highest BCUT2D eigenvalue weighted by atomic mass is 35.5. The molecule has 1 aliphatic carbocycles. The number of anilines is 1. The quantitative estimate of drug-likeness (QED) is 0.710. The molecule has 0 saturated heterocycles. The van der Waals surface area contributed by atoms with E-state index in [1.807, 2.05) is 47.8 Å². The molecule has 0 bridgehead atoms. The third-order valence-electron chi connectivity index (χ3n) is 4.69. The molecule has 0 spiro atoms. The van der Waals surface area contributed by atoms with Gasteiger partial charge in [-0.3, -0.25) is 9.78 Å². The first-order valence-electron chi connectivity index (χ1n) is 8.12. The third-order valence-corrected chi connectivity index (χ3v) is 5.70. The number of amides is 1. The first kappa shape index (κ1) is 16.2. The zero-order chi connectivity index (χ0) is 17.3. The molecule has 1 aromatic carbocycles. The summed E-state index contributed by atoms with van der Waals surface area (Å²) in [5, 5.41) is 6.19. The molecule has 1 saturated carbocycles. The van der Waals surface area contributed by atoms with E-state index in [0.717, 1.165) is 36.2 Å². The predicted molar refractivity (Wildman–Crippen MR) is 101 cm³/mol. The van der Waals surface area contributed by atoms with Crippen LogP contribution in [-0.4, -0.2) is 15.9 Å². The number of carbonyl (C=O) groups is 1. The average molecular weight is 370 g/mol. The standard InChI is InChI=1S/C19H16ClN3OS/c20-14-7-5-13(6-8-14)19(9-3-10-19)17(24)23-18-22-16(12-25-18)15-4-1-2-11-21-15/h1-2,4-8,11-12H,3,9-10H2,(H,22,23,24). The fraction of sp³-hybridized carbons (Fsp3) is 0.211. The Morgan fingerprint density at radius 2 is 1.92 bits per heavy atom. The molecule has 4 rings (SSSR count). The summed E-state index contributed by atoms with van der Waals surface area (Å²) in [6, 6.07) is 13.3. The van der Waals surface area contributed by atoms with E-state index in [0.29, 0.717) is 10.2 Å². The SMILES string of the molecule is O=C(Nc1nc(-c2ccccn2)cs1)C1(c2ccc(Cl)cc2)CCC1. The number of hydrogen-bond donors (Lipinski definition) is 1. The fourth-order valence-electron chi connectivity index (χ4n) is 3.13. The zero-order valence-corrected chi connectivity index (χ0v) is 15.0. The Kier molecular flexibility index (Phi) is 4.27. The summed E-state index contributed by atoms with van der Waals surface area (Å²) in [6.45, 7) is 0. The van der Waals surface area contributed by atoms with Gasteiger partial charge in [0.1, 0.15) is 5.69 Å². The van der Waals surface area contributed by atoms with Gasteiger partial charge in [-0.15, -0.1) is 11.3 Å². The Hall–Kier alpha value is -2.24. The smallest absolute Gasteiger partial charge is 0.236 e. The van der Waals surface area contributed by atoms with E-state index in [2.05, 4.69) is 15.3 Å². The van der Waals surface area contributed by atoms with Crippen molar-refractivity contribution in [3.8, 4) is 11.4 Å². The minimum absolute atomic E-state index is 0.00277. The van der Waals surface area contributed by atoms with E-state index in [9.17, 15) is 4.79 Å². The number of carbonyl (C=O) groups excluding carboxylic acids is 1. The minimum Gasteiger partial charge on any atom is -0.301 e. The molecule has 1 amide bonds. The highest BCUT2D eigenvalue weighted by molar-refractivity contribution is 7.14. The summed E-state index contributed by atoms with van der Waals surface area (Å²) in [7, 11) is 0. The summed E-state index contributed by atoms with van der Waals surface area (Å²) in [5.74, 6) is 0.00277.